The molecule has 0 aliphatic heterocycles. The first kappa shape index (κ1) is 15.3. The summed E-state index contributed by atoms with van der Waals surface area (Å²) in [5, 5.41) is 8.54. The molecule has 0 aliphatic carbocycles. The second kappa shape index (κ2) is 5.47. The Morgan fingerprint density at radius 3 is 2.37 bits per heavy atom. The van der Waals surface area contributed by atoms with Crippen molar-refractivity contribution in [2.45, 2.75) is 25.6 Å². The normalized spacial score (nSPS) is 11.9. The number of carbonyl (C=O) groups is 1. The van der Waals surface area contributed by atoms with Gasteiger partial charge < -0.3 is 10.8 Å². The van der Waals surface area contributed by atoms with Gasteiger partial charge in [-0.25, -0.2) is 8.78 Å². The quantitative estimate of drug-likeness (QED) is 0.830. The molecule has 1 heterocycles. The van der Waals surface area contributed by atoms with E-state index in [1.807, 2.05) is 0 Å². The molecule has 0 spiro atoms. The Morgan fingerprint density at radius 2 is 2.00 bits per heavy atom. The summed E-state index contributed by atoms with van der Waals surface area (Å²) in [7, 11) is 0. The molecular formula is C10H9F5N2O2. The number of pyridine rings is 1. The molecule has 1 rings (SSSR count). The fraction of sp³-hybridized carbons (Fsp3) is 0.400. The molecule has 0 unspecified atom stereocenters. The van der Waals surface area contributed by atoms with Crippen LogP contribution in [0.15, 0.2) is 6.20 Å². The molecule has 0 saturated heterocycles. The van der Waals surface area contributed by atoms with Crippen LogP contribution in [0, 0.1) is 0 Å². The van der Waals surface area contributed by atoms with Gasteiger partial charge in [-0.05, 0) is 5.56 Å². The van der Waals surface area contributed by atoms with E-state index in [1.54, 1.807) is 0 Å². The van der Waals surface area contributed by atoms with Crippen LogP contribution in [-0.4, -0.2) is 16.1 Å². The molecule has 3 N–H and O–H groups in total. The van der Waals surface area contributed by atoms with Crippen molar-refractivity contribution in [3.63, 3.8) is 0 Å². The molecule has 106 valence electrons. The van der Waals surface area contributed by atoms with Crippen LogP contribution in [0.3, 0.4) is 0 Å². The van der Waals surface area contributed by atoms with Gasteiger partial charge in [0.05, 0.1) is 6.42 Å². The molecule has 1 aromatic heterocycles. The molecule has 0 aromatic carbocycles. The van der Waals surface area contributed by atoms with Crippen molar-refractivity contribution in [3.8, 4) is 0 Å². The highest BCUT2D eigenvalue weighted by Crippen LogP contribution is 2.36. The maximum Gasteiger partial charge on any atom is 0.433 e. The minimum Gasteiger partial charge on any atom is -0.481 e. The minimum atomic E-state index is -4.93. The maximum absolute atomic E-state index is 12.9. The van der Waals surface area contributed by atoms with E-state index in [0.717, 1.165) is 0 Å². The van der Waals surface area contributed by atoms with Crippen LogP contribution in [0.2, 0.25) is 0 Å². The molecule has 0 bridgehead atoms. The number of aromatic nitrogens is 1. The van der Waals surface area contributed by atoms with Crippen molar-refractivity contribution in [2.24, 2.45) is 5.73 Å². The third kappa shape index (κ3) is 3.37. The van der Waals surface area contributed by atoms with Crippen LogP contribution in [0.1, 0.15) is 28.8 Å². The van der Waals surface area contributed by atoms with Crippen LogP contribution in [0.4, 0.5) is 22.0 Å². The Hall–Kier alpha value is -1.77. The summed E-state index contributed by atoms with van der Waals surface area (Å²) in [6.07, 6.45) is -8.55. The summed E-state index contributed by atoms with van der Waals surface area (Å²) in [4.78, 5) is 13.5. The van der Waals surface area contributed by atoms with E-state index in [0.29, 0.717) is 6.20 Å². The first-order valence-corrected chi connectivity index (χ1v) is 4.96. The molecule has 9 heteroatoms. The lowest BCUT2D eigenvalue weighted by atomic mass is 9.99. The number of carboxylic acids is 1. The third-order valence-corrected chi connectivity index (χ3v) is 2.34. The van der Waals surface area contributed by atoms with E-state index in [1.165, 1.54) is 0 Å². The van der Waals surface area contributed by atoms with E-state index in [4.69, 9.17) is 10.8 Å². The molecule has 0 aliphatic rings. The highest BCUT2D eigenvalue weighted by Gasteiger charge is 2.38. The average molecular weight is 284 g/mol. The largest absolute Gasteiger partial charge is 0.481 e. The summed E-state index contributed by atoms with van der Waals surface area (Å²) in [5.41, 5.74) is 1.19. The topological polar surface area (TPSA) is 76.2 Å². The smallest absolute Gasteiger partial charge is 0.433 e. The van der Waals surface area contributed by atoms with Gasteiger partial charge in [-0.3, -0.25) is 9.78 Å². The van der Waals surface area contributed by atoms with Crippen LogP contribution in [-0.2, 0) is 23.9 Å². The van der Waals surface area contributed by atoms with Crippen molar-refractivity contribution >= 4 is 5.97 Å². The third-order valence-electron chi connectivity index (χ3n) is 2.34. The monoisotopic (exact) mass is 284 g/mol. The molecule has 0 saturated carbocycles. The van der Waals surface area contributed by atoms with E-state index in [9.17, 15) is 26.7 Å². The number of aliphatic carboxylic acids is 1. The van der Waals surface area contributed by atoms with Crippen LogP contribution < -0.4 is 5.73 Å². The lowest BCUT2D eigenvalue weighted by molar-refractivity contribution is -0.142. The highest BCUT2D eigenvalue weighted by molar-refractivity contribution is 5.71. The zero-order valence-electron chi connectivity index (χ0n) is 9.34. The number of rotatable bonds is 4. The zero-order valence-corrected chi connectivity index (χ0v) is 9.34. The molecule has 1 aromatic rings. The number of alkyl halides is 5. The van der Waals surface area contributed by atoms with E-state index in [2.05, 4.69) is 4.98 Å². The van der Waals surface area contributed by atoms with Gasteiger partial charge in [-0.1, -0.05) is 0 Å². The van der Waals surface area contributed by atoms with Gasteiger partial charge in [0.2, 0.25) is 0 Å². The van der Waals surface area contributed by atoms with Crippen LogP contribution in [0.25, 0.3) is 0 Å². The summed E-state index contributed by atoms with van der Waals surface area (Å²) in [5.74, 6) is -1.45. The van der Waals surface area contributed by atoms with E-state index in [-0.39, 0.29) is 0 Å². The number of nitrogens with two attached hydrogens (primary N) is 1. The lowest BCUT2D eigenvalue weighted by Gasteiger charge is -2.17. The molecule has 4 nitrogen and oxygen atoms in total. The lowest BCUT2D eigenvalue weighted by Crippen LogP contribution is -2.19. The fourth-order valence-electron chi connectivity index (χ4n) is 1.64. The Balaban J connectivity index is 3.52. The van der Waals surface area contributed by atoms with Gasteiger partial charge in [-0.15, -0.1) is 0 Å². The molecule has 0 fully saturated rings. The van der Waals surface area contributed by atoms with Gasteiger partial charge >= 0.3 is 12.1 Å². The predicted octanol–water partition coefficient (Wildman–Crippen LogP) is 2.12. The number of nitrogens with zero attached hydrogens (tertiary/aromatic N) is 1. The first-order valence-electron chi connectivity index (χ1n) is 4.96. The Kier molecular flexibility index (Phi) is 4.40. The summed E-state index contributed by atoms with van der Waals surface area (Å²) < 4.78 is 63.5. The molecule has 0 amide bonds. The second-order valence-corrected chi connectivity index (χ2v) is 3.60. The van der Waals surface area contributed by atoms with Crippen molar-refractivity contribution in [3.05, 3.63) is 28.6 Å². The maximum atomic E-state index is 12.9. The average Bonchev–Trinajstić information content (AvgIpc) is 2.25. The van der Waals surface area contributed by atoms with E-state index < -0.39 is 53.9 Å². The highest BCUT2D eigenvalue weighted by atomic mass is 19.4. The molecule has 0 radical (unpaired) electrons. The Morgan fingerprint density at radius 1 is 1.42 bits per heavy atom. The van der Waals surface area contributed by atoms with Gasteiger partial charge in [0, 0.05) is 23.9 Å². The summed E-state index contributed by atoms with van der Waals surface area (Å²) in [6.45, 7) is -0.811. The standard InChI is InChI=1S/C10H9F5N2O2/c11-9(12)7-4(1-6(18)19)3-17-8(5(7)2-16)10(13,14)15/h3,9H,1-2,16H2,(H,18,19). The minimum absolute atomic E-state index is 0.476. The number of halogens is 5. The van der Waals surface area contributed by atoms with Crippen molar-refractivity contribution in [1.82, 2.24) is 4.98 Å². The van der Waals surface area contributed by atoms with Crippen molar-refractivity contribution in [2.75, 3.05) is 0 Å². The van der Waals surface area contributed by atoms with Gasteiger partial charge in [0.1, 0.15) is 5.69 Å². The Labute approximate surface area is 104 Å². The molecular weight excluding hydrogens is 275 g/mol. The number of carboxylic acid groups (broad SMARTS) is 1. The SMILES string of the molecule is NCc1c(C(F)(F)F)ncc(CC(=O)O)c1C(F)F. The van der Waals surface area contributed by atoms with Gasteiger partial charge in [0.25, 0.3) is 6.43 Å². The summed E-state index contributed by atoms with van der Waals surface area (Å²) >= 11 is 0. The summed E-state index contributed by atoms with van der Waals surface area (Å²) in [6, 6.07) is 0. The first-order chi connectivity index (χ1) is 8.68. The fourth-order valence-corrected chi connectivity index (χ4v) is 1.64. The zero-order chi connectivity index (χ0) is 14.8. The predicted molar refractivity (Wildman–Crippen MR) is 53.4 cm³/mol. The van der Waals surface area contributed by atoms with Gasteiger partial charge in [0.15, 0.2) is 0 Å². The van der Waals surface area contributed by atoms with Crippen molar-refractivity contribution < 1.29 is 31.9 Å². The van der Waals surface area contributed by atoms with Crippen molar-refractivity contribution in [1.29, 1.82) is 0 Å². The second-order valence-electron chi connectivity index (χ2n) is 3.60. The molecule has 0 atom stereocenters. The number of hydrogen-bond acceptors (Lipinski definition) is 3. The van der Waals surface area contributed by atoms with E-state index >= 15 is 0 Å². The molecule has 19 heavy (non-hydrogen) atoms. The van der Waals surface area contributed by atoms with Crippen LogP contribution in [0.5, 0.6) is 0 Å². The Bertz CT molecular complexity index is 488. The number of hydrogen-bond donors (Lipinski definition) is 2. The van der Waals surface area contributed by atoms with Gasteiger partial charge in [-0.2, -0.15) is 13.2 Å². The van der Waals surface area contributed by atoms with Crippen LogP contribution >= 0.6 is 0 Å².